The predicted octanol–water partition coefficient (Wildman–Crippen LogP) is 3.47. The molecule has 2 aromatic carbocycles. The van der Waals surface area contributed by atoms with Crippen molar-refractivity contribution in [1.82, 2.24) is 5.32 Å². The number of carbonyl (C=O) groups is 1. The quantitative estimate of drug-likeness (QED) is 0.844. The van der Waals surface area contributed by atoms with Gasteiger partial charge in [-0.1, -0.05) is 35.9 Å². The highest BCUT2D eigenvalue weighted by Crippen LogP contribution is 2.24. The van der Waals surface area contributed by atoms with Crippen LogP contribution in [0.4, 0.5) is 0 Å². The Bertz CT molecular complexity index is 643. The Labute approximate surface area is 141 Å². The number of ether oxygens (including phenoxy) is 2. The van der Waals surface area contributed by atoms with Crippen LogP contribution >= 0.6 is 11.6 Å². The first-order chi connectivity index (χ1) is 11.1. The lowest BCUT2D eigenvalue weighted by Crippen LogP contribution is -2.37. The second kappa shape index (κ2) is 8.44. The Morgan fingerprint density at radius 1 is 1.17 bits per heavy atom. The Morgan fingerprint density at radius 2 is 1.87 bits per heavy atom. The zero-order valence-corrected chi connectivity index (χ0v) is 14.0. The Hall–Kier alpha value is -2.20. The molecule has 0 unspecified atom stereocenters. The summed E-state index contributed by atoms with van der Waals surface area (Å²) in [4.78, 5) is 12.1. The summed E-state index contributed by atoms with van der Waals surface area (Å²) in [6.07, 6.45) is 0.139. The van der Waals surface area contributed by atoms with Crippen molar-refractivity contribution < 1.29 is 14.3 Å². The molecule has 0 spiro atoms. The van der Waals surface area contributed by atoms with Crippen LogP contribution in [0.1, 0.15) is 12.5 Å². The van der Waals surface area contributed by atoms with E-state index in [0.717, 1.165) is 17.7 Å². The molecule has 0 aliphatic rings. The summed E-state index contributed by atoms with van der Waals surface area (Å²) in [5.74, 6) is 1.16. The van der Waals surface area contributed by atoms with E-state index in [2.05, 4.69) is 5.32 Å². The van der Waals surface area contributed by atoms with Crippen molar-refractivity contribution in [3.8, 4) is 11.5 Å². The Morgan fingerprint density at radius 3 is 2.52 bits per heavy atom. The standard InChI is InChI=1S/C18H20ClNO3/c1-13(23-17-6-4-3-5-16(17)19)18(21)20-12-11-14-7-9-15(22-2)10-8-14/h3-10,13H,11-12H2,1-2H3,(H,20,21)/t13-/m1/s1. The Kier molecular flexibility index (Phi) is 6.29. The fourth-order valence-corrected chi connectivity index (χ4v) is 2.23. The molecule has 23 heavy (non-hydrogen) atoms. The molecule has 2 rings (SSSR count). The summed E-state index contributed by atoms with van der Waals surface area (Å²) in [7, 11) is 1.63. The molecule has 0 saturated carbocycles. The first kappa shape index (κ1) is 17.2. The number of rotatable bonds is 7. The first-order valence-electron chi connectivity index (χ1n) is 7.42. The normalized spacial score (nSPS) is 11.6. The summed E-state index contributed by atoms with van der Waals surface area (Å²) < 4.78 is 10.7. The van der Waals surface area contributed by atoms with Crippen LogP contribution in [0.2, 0.25) is 5.02 Å². The molecule has 0 heterocycles. The molecule has 0 aromatic heterocycles. The van der Waals surface area contributed by atoms with Crippen molar-refractivity contribution in [2.45, 2.75) is 19.4 Å². The smallest absolute Gasteiger partial charge is 0.260 e. The average molecular weight is 334 g/mol. The van der Waals surface area contributed by atoms with Gasteiger partial charge in [0.1, 0.15) is 11.5 Å². The lowest BCUT2D eigenvalue weighted by molar-refractivity contribution is -0.127. The monoisotopic (exact) mass is 333 g/mol. The van der Waals surface area contributed by atoms with Gasteiger partial charge in [-0.15, -0.1) is 0 Å². The highest BCUT2D eigenvalue weighted by Gasteiger charge is 2.15. The molecule has 0 aliphatic heterocycles. The summed E-state index contributed by atoms with van der Waals surface area (Å²) in [5.41, 5.74) is 1.13. The average Bonchev–Trinajstić information content (AvgIpc) is 2.57. The van der Waals surface area contributed by atoms with Gasteiger partial charge in [-0.05, 0) is 43.2 Å². The maximum atomic E-state index is 12.1. The minimum atomic E-state index is -0.606. The van der Waals surface area contributed by atoms with E-state index in [-0.39, 0.29) is 5.91 Å². The third-order valence-electron chi connectivity index (χ3n) is 3.38. The minimum Gasteiger partial charge on any atom is -0.497 e. The van der Waals surface area contributed by atoms with Crippen molar-refractivity contribution in [3.63, 3.8) is 0 Å². The summed E-state index contributed by atoms with van der Waals surface area (Å²) in [5, 5.41) is 3.35. The molecule has 5 heteroatoms. The highest BCUT2D eigenvalue weighted by atomic mass is 35.5. The molecule has 2 aromatic rings. The number of benzene rings is 2. The van der Waals surface area contributed by atoms with E-state index in [1.165, 1.54) is 0 Å². The molecule has 1 N–H and O–H groups in total. The van der Waals surface area contributed by atoms with Crippen LogP contribution in [-0.2, 0) is 11.2 Å². The van der Waals surface area contributed by atoms with Crippen LogP contribution in [0.25, 0.3) is 0 Å². The lowest BCUT2D eigenvalue weighted by Gasteiger charge is -2.15. The molecule has 122 valence electrons. The van der Waals surface area contributed by atoms with Gasteiger partial charge in [-0.3, -0.25) is 4.79 Å². The van der Waals surface area contributed by atoms with E-state index in [1.54, 1.807) is 26.2 Å². The first-order valence-corrected chi connectivity index (χ1v) is 7.80. The van der Waals surface area contributed by atoms with Crippen molar-refractivity contribution in [2.24, 2.45) is 0 Å². The van der Waals surface area contributed by atoms with E-state index >= 15 is 0 Å². The lowest BCUT2D eigenvalue weighted by atomic mass is 10.1. The number of para-hydroxylation sites is 1. The molecular formula is C18H20ClNO3. The summed E-state index contributed by atoms with van der Waals surface area (Å²) in [6.45, 7) is 2.24. The zero-order chi connectivity index (χ0) is 16.7. The van der Waals surface area contributed by atoms with E-state index in [0.29, 0.717) is 17.3 Å². The van der Waals surface area contributed by atoms with Crippen molar-refractivity contribution in [3.05, 3.63) is 59.1 Å². The van der Waals surface area contributed by atoms with Gasteiger partial charge in [-0.2, -0.15) is 0 Å². The van der Waals surface area contributed by atoms with Crippen LogP contribution < -0.4 is 14.8 Å². The second-order valence-electron chi connectivity index (χ2n) is 5.08. The van der Waals surface area contributed by atoms with Crippen LogP contribution in [0.3, 0.4) is 0 Å². The molecule has 1 atom stereocenters. The molecule has 0 bridgehead atoms. The number of carbonyl (C=O) groups excluding carboxylic acids is 1. The maximum absolute atomic E-state index is 12.1. The summed E-state index contributed by atoms with van der Waals surface area (Å²) in [6, 6.07) is 14.9. The van der Waals surface area contributed by atoms with Gasteiger partial charge in [0.05, 0.1) is 12.1 Å². The van der Waals surface area contributed by atoms with Gasteiger partial charge in [0.15, 0.2) is 6.10 Å². The molecule has 0 aliphatic carbocycles. The number of halogens is 1. The molecule has 4 nitrogen and oxygen atoms in total. The molecule has 0 radical (unpaired) electrons. The van der Waals surface area contributed by atoms with E-state index in [1.807, 2.05) is 36.4 Å². The molecule has 0 fully saturated rings. The summed E-state index contributed by atoms with van der Waals surface area (Å²) >= 11 is 6.02. The van der Waals surface area contributed by atoms with Gasteiger partial charge < -0.3 is 14.8 Å². The second-order valence-corrected chi connectivity index (χ2v) is 5.49. The van der Waals surface area contributed by atoms with Gasteiger partial charge in [-0.25, -0.2) is 0 Å². The van der Waals surface area contributed by atoms with Gasteiger partial charge in [0.2, 0.25) is 0 Å². The minimum absolute atomic E-state index is 0.168. The number of hydrogen-bond donors (Lipinski definition) is 1. The van der Waals surface area contributed by atoms with Crippen molar-refractivity contribution in [2.75, 3.05) is 13.7 Å². The number of methoxy groups -OCH3 is 1. The fourth-order valence-electron chi connectivity index (χ4n) is 2.05. The largest absolute Gasteiger partial charge is 0.497 e. The van der Waals surface area contributed by atoms with Gasteiger partial charge >= 0.3 is 0 Å². The highest BCUT2D eigenvalue weighted by molar-refractivity contribution is 6.32. The molecular weight excluding hydrogens is 314 g/mol. The third kappa shape index (κ3) is 5.18. The van der Waals surface area contributed by atoms with Crippen molar-refractivity contribution in [1.29, 1.82) is 0 Å². The van der Waals surface area contributed by atoms with Crippen LogP contribution in [0, 0.1) is 0 Å². The molecule has 0 saturated heterocycles. The number of hydrogen-bond acceptors (Lipinski definition) is 3. The van der Waals surface area contributed by atoms with Crippen LogP contribution in [-0.4, -0.2) is 25.7 Å². The fraction of sp³-hybridized carbons (Fsp3) is 0.278. The van der Waals surface area contributed by atoms with Gasteiger partial charge in [0, 0.05) is 6.54 Å². The SMILES string of the molecule is COc1ccc(CCNC(=O)[C@@H](C)Oc2ccccc2Cl)cc1. The number of amides is 1. The van der Waals surface area contributed by atoms with Crippen molar-refractivity contribution >= 4 is 17.5 Å². The van der Waals surface area contributed by atoms with E-state index in [9.17, 15) is 4.79 Å². The number of nitrogens with one attached hydrogen (secondary N) is 1. The van der Waals surface area contributed by atoms with E-state index in [4.69, 9.17) is 21.1 Å². The van der Waals surface area contributed by atoms with Crippen LogP contribution in [0.5, 0.6) is 11.5 Å². The van der Waals surface area contributed by atoms with Crippen LogP contribution in [0.15, 0.2) is 48.5 Å². The zero-order valence-electron chi connectivity index (χ0n) is 13.2. The Balaban J connectivity index is 1.78. The van der Waals surface area contributed by atoms with Gasteiger partial charge in [0.25, 0.3) is 5.91 Å². The van der Waals surface area contributed by atoms with E-state index < -0.39 is 6.10 Å². The third-order valence-corrected chi connectivity index (χ3v) is 3.69. The predicted molar refractivity (Wildman–Crippen MR) is 91.2 cm³/mol. The maximum Gasteiger partial charge on any atom is 0.260 e. The topological polar surface area (TPSA) is 47.6 Å². The molecule has 1 amide bonds.